The molecule has 0 aromatic heterocycles. The van der Waals surface area contributed by atoms with Crippen molar-refractivity contribution in [2.75, 3.05) is 13.1 Å². The van der Waals surface area contributed by atoms with Gasteiger partial charge < -0.3 is 14.7 Å². The second-order valence-electron chi connectivity index (χ2n) is 6.07. The minimum absolute atomic E-state index is 0.262. The Morgan fingerprint density at radius 3 is 2.33 bits per heavy atom. The van der Waals surface area contributed by atoms with Crippen LogP contribution in [0, 0.1) is 0 Å². The van der Waals surface area contributed by atoms with Crippen LogP contribution >= 0.6 is 11.6 Å². The first kappa shape index (κ1) is 16.8. The summed E-state index contributed by atoms with van der Waals surface area (Å²) in [5, 5.41) is 11.5. The Labute approximate surface area is 146 Å². The maximum Gasteiger partial charge on any atom is 0.410 e. The molecular formula is C19H20ClNO3. The van der Waals surface area contributed by atoms with Gasteiger partial charge in [-0.15, -0.1) is 0 Å². The van der Waals surface area contributed by atoms with Gasteiger partial charge in [-0.3, -0.25) is 0 Å². The van der Waals surface area contributed by atoms with Crippen LogP contribution in [0.15, 0.2) is 54.6 Å². The van der Waals surface area contributed by atoms with Crippen molar-refractivity contribution in [1.29, 1.82) is 0 Å². The maximum atomic E-state index is 12.2. The highest BCUT2D eigenvalue weighted by Crippen LogP contribution is 2.33. The van der Waals surface area contributed by atoms with Crippen LogP contribution in [0.25, 0.3) is 0 Å². The molecule has 0 bridgehead atoms. The fourth-order valence-corrected chi connectivity index (χ4v) is 3.04. The van der Waals surface area contributed by atoms with Gasteiger partial charge in [-0.05, 0) is 36.1 Å². The first-order valence-electron chi connectivity index (χ1n) is 8.01. The molecular weight excluding hydrogens is 326 g/mol. The third kappa shape index (κ3) is 3.89. The lowest BCUT2D eigenvalue weighted by Gasteiger charge is -2.38. The fraction of sp³-hybridized carbons (Fsp3) is 0.316. The summed E-state index contributed by atoms with van der Waals surface area (Å²) >= 11 is 5.89. The van der Waals surface area contributed by atoms with E-state index in [-0.39, 0.29) is 12.7 Å². The van der Waals surface area contributed by atoms with E-state index in [2.05, 4.69) is 0 Å². The summed E-state index contributed by atoms with van der Waals surface area (Å²) in [7, 11) is 0. The first-order valence-corrected chi connectivity index (χ1v) is 8.39. The number of likely N-dealkylation sites (tertiary alicyclic amines) is 1. The average Bonchev–Trinajstić information content (AvgIpc) is 2.61. The van der Waals surface area contributed by atoms with E-state index in [9.17, 15) is 9.90 Å². The van der Waals surface area contributed by atoms with Gasteiger partial charge in [0.15, 0.2) is 0 Å². The molecule has 126 valence electrons. The smallest absolute Gasteiger partial charge is 0.410 e. The van der Waals surface area contributed by atoms with Crippen molar-refractivity contribution in [1.82, 2.24) is 4.90 Å². The zero-order chi connectivity index (χ0) is 17.0. The predicted octanol–water partition coefficient (Wildman–Crippen LogP) is 3.96. The fourth-order valence-electron chi connectivity index (χ4n) is 2.92. The van der Waals surface area contributed by atoms with Gasteiger partial charge in [0.1, 0.15) is 6.61 Å². The van der Waals surface area contributed by atoms with Crippen LogP contribution in [0.4, 0.5) is 4.79 Å². The van der Waals surface area contributed by atoms with E-state index < -0.39 is 5.60 Å². The van der Waals surface area contributed by atoms with Gasteiger partial charge >= 0.3 is 6.09 Å². The molecule has 3 rings (SSSR count). The third-order valence-electron chi connectivity index (χ3n) is 4.44. The van der Waals surface area contributed by atoms with Crippen LogP contribution in [0.1, 0.15) is 24.0 Å². The van der Waals surface area contributed by atoms with Gasteiger partial charge in [0.05, 0.1) is 5.60 Å². The van der Waals surface area contributed by atoms with E-state index in [1.807, 2.05) is 42.5 Å². The van der Waals surface area contributed by atoms with E-state index in [1.54, 1.807) is 17.0 Å². The van der Waals surface area contributed by atoms with Crippen molar-refractivity contribution in [3.8, 4) is 0 Å². The molecule has 1 N–H and O–H groups in total. The topological polar surface area (TPSA) is 49.8 Å². The number of hydrogen-bond acceptors (Lipinski definition) is 3. The third-order valence-corrected chi connectivity index (χ3v) is 4.69. The SMILES string of the molecule is O=C(OCc1ccccc1)N1CCC(O)(c2ccc(Cl)cc2)CC1. The van der Waals surface area contributed by atoms with Crippen molar-refractivity contribution in [2.45, 2.75) is 25.0 Å². The van der Waals surface area contributed by atoms with Crippen LogP contribution in [-0.4, -0.2) is 29.2 Å². The minimum atomic E-state index is -0.916. The van der Waals surface area contributed by atoms with E-state index in [4.69, 9.17) is 16.3 Å². The molecule has 2 aromatic rings. The van der Waals surface area contributed by atoms with Gasteiger partial charge in [-0.2, -0.15) is 0 Å². The summed E-state index contributed by atoms with van der Waals surface area (Å²) in [6, 6.07) is 16.8. The first-order chi connectivity index (χ1) is 11.6. The molecule has 24 heavy (non-hydrogen) atoms. The number of piperidine rings is 1. The lowest BCUT2D eigenvalue weighted by molar-refractivity contribution is -0.0255. The zero-order valence-corrected chi connectivity index (χ0v) is 14.1. The zero-order valence-electron chi connectivity index (χ0n) is 13.3. The number of amides is 1. The van der Waals surface area contributed by atoms with Crippen LogP contribution in [0.5, 0.6) is 0 Å². The second kappa shape index (κ2) is 7.24. The summed E-state index contributed by atoms with van der Waals surface area (Å²) < 4.78 is 5.35. The van der Waals surface area contributed by atoms with Gasteiger partial charge in [0.2, 0.25) is 0 Å². The Morgan fingerprint density at radius 1 is 1.08 bits per heavy atom. The number of carbonyl (C=O) groups is 1. The lowest BCUT2D eigenvalue weighted by Crippen LogP contribution is -2.45. The van der Waals surface area contributed by atoms with Crippen LogP contribution < -0.4 is 0 Å². The Hall–Kier alpha value is -2.04. The molecule has 1 aliphatic rings. The summed E-state index contributed by atoms with van der Waals surface area (Å²) in [6.07, 6.45) is 0.626. The number of aliphatic hydroxyl groups is 1. The molecule has 1 aliphatic heterocycles. The molecule has 1 amide bonds. The minimum Gasteiger partial charge on any atom is -0.445 e. The highest BCUT2D eigenvalue weighted by molar-refractivity contribution is 6.30. The molecule has 1 heterocycles. The second-order valence-corrected chi connectivity index (χ2v) is 6.50. The molecule has 4 nitrogen and oxygen atoms in total. The molecule has 0 aliphatic carbocycles. The summed E-state index contributed by atoms with van der Waals surface area (Å²) in [5.74, 6) is 0. The van der Waals surface area contributed by atoms with E-state index in [0.29, 0.717) is 31.0 Å². The molecule has 0 atom stereocenters. The Morgan fingerprint density at radius 2 is 1.71 bits per heavy atom. The lowest BCUT2D eigenvalue weighted by atomic mass is 9.84. The molecule has 5 heteroatoms. The Kier molecular flexibility index (Phi) is 5.07. The molecule has 1 fully saturated rings. The van der Waals surface area contributed by atoms with Crippen molar-refractivity contribution >= 4 is 17.7 Å². The van der Waals surface area contributed by atoms with Crippen molar-refractivity contribution in [2.24, 2.45) is 0 Å². The standard InChI is InChI=1S/C19H20ClNO3/c20-17-8-6-16(7-9-17)19(23)10-12-21(13-11-19)18(22)24-14-15-4-2-1-3-5-15/h1-9,23H,10-14H2. The van der Waals surface area contributed by atoms with E-state index >= 15 is 0 Å². The summed E-state index contributed by atoms with van der Waals surface area (Å²) in [6.45, 7) is 1.19. The maximum absolute atomic E-state index is 12.2. The molecule has 0 unspecified atom stereocenters. The summed E-state index contributed by atoms with van der Waals surface area (Å²) in [5.41, 5.74) is 0.880. The monoisotopic (exact) mass is 345 g/mol. The van der Waals surface area contributed by atoms with Crippen LogP contribution in [-0.2, 0) is 16.9 Å². The number of nitrogens with zero attached hydrogens (tertiary/aromatic N) is 1. The molecule has 0 saturated carbocycles. The highest BCUT2D eigenvalue weighted by Gasteiger charge is 2.35. The van der Waals surface area contributed by atoms with E-state index in [1.165, 1.54) is 0 Å². The summed E-state index contributed by atoms with van der Waals surface area (Å²) in [4.78, 5) is 13.8. The molecule has 0 radical (unpaired) electrons. The number of hydrogen-bond donors (Lipinski definition) is 1. The predicted molar refractivity (Wildman–Crippen MR) is 92.8 cm³/mol. The Bertz CT molecular complexity index is 680. The van der Waals surface area contributed by atoms with Crippen molar-refractivity contribution < 1.29 is 14.6 Å². The van der Waals surface area contributed by atoms with Crippen molar-refractivity contribution in [3.63, 3.8) is 0 Å². The highest BCUT2D eigenvalue weighted by atomic mass is 35.5. The number of ether oxygens (including phenoxy) is 1. The molecule has 0 spiro atoms. The molecule has 2 aromatic carbocycles. The van der Waals surface area contributed by atoms with Crippen molar-refractivity contribution in [3.05, 3.63) is 70.7 Å². The van der Waals surface area contributed by atoms with Gasteiger partial charge in [-0.1, -0.05) is 54.1 Å². The quantitative estimate of drug-likeness (QED) is 0.916. The van der Waals surface area contributed by atoms with Gasteiger partial charge in [0.25, 0.3) is 0 Å². The largest absolute Gasteiger partial charge is 0.445 e. The van der Waals surface area contributed by atoms with Crippen LogP contribution in [0.2, 0.25) is 5.02 Å². The van der Waals surface area contributed by atoms with E-state index in [0.717, 1.165) is 11.1 Å². The number of carbonyl (C=O) groups excluding carboxylic acids is 1. The number of halogens is 1. The Balaban J connectivity index is 1.54. The van der Waals surface area contributed by atoms with Gasteiger partial charge in [0, 0.05) is 18.1 Å². The van der Waals surface area contributed by atoms with Gasteiger partial charge in [-0.25, -0.2) is 4.79 Å². The number of rotatable bonds is 3. The number of benzene rings is 2. The average molecular weight is 346 g/mol. The van der Waals surface area contributed by atoms with Crippen LogP contribution in [0.3, 0.4) is 0 Å². The normalized spacial score (nSPS) is 16.7. The molecule has 1 saturated heterocycles.